The van der Waals surface area contributed by atoms with Crippen LogP contribution in [0.4, 0.5) is 0 Å². The van der Waals surface area contributed by atoms with Crippen LogP contribution >= 0.6 is 0 Å². The number of benzene rings is 1. The summed E-state index contributed by atoms with van der Waals surface area (Å²) in [5, 5.41) is 19.2. The van der Waals surface area contributed by atoms with Crippen LogP contribution in [0.3, 0.4) is 0 Å². The molecule has 0 saturated heterocycles. The van der Waals surface area contributed by atoms with Gasteiger partial charge >= 0.3 is 23.0 Å². The molecule has 10 heteroatoms. The van der Waals surface area contributed by atoms with Gasteiger partial charge in [0.05, 0.1) is 31.6 Å². The van der Waals surface area contributed by atoms with Gasteiger partial charge in [-0.3, -0.25) is 14.4 Å². The van der Waals surface area contributed by atoms with E-state index < -0.39 is 42.0 Å². The van der Waals surface area contributed by atoms with E-state index in [2.05, 4.69) is 16.0 Å². The van der Waals surface area contributed by atoms with Crippen LogP contribution in [0.15, 0.2) is 30.3 Å². The first kappa shape index (κ1) is 39.6. The molecule has 1 aromatic carbocycles. The number of hydrogen-bond donors (Lipinski definition) is 4. The smallest absolute Gasteiger partial charge is 0.467 e. The van der Waals surface area contributed by atoms with E-state index in [0.717, 1.165) is 5.56 Å². The Hall–Kier alpha value is -2.42. The number of ether oxygens (including phenoxy) is 1. The van der Waals surface area contributed by atoms with Gasteiger partial charge in [0.2, 0.25) is 17.7 Å². The zero-order chi connectivity index (χ0) is 31.8. The Morgan fingerprint density at radius 2 is 1.39 bits per heavy atom. The predicted molar refractivity (Wildman–Crippen MR) is 165 cm³/mol. The van der Waals surface area contributed by atoms with Crippen LogP contribution < -0.4 is 16.0 Å². The predicted octanol–water partition coefficient (Wildman–Crippen LogP) is 2.73. The first-order chi connectivity index (χ1) is 20.5. The van der Waals surface area contributed by atoms with Crippen LogP contribution in [-0.4, -0.2) is 60.1 Å². The molecule has 9 nitrogen and oxygen atoms in total. The van der Waals surface area contributed by atoms with Crippen molar-refractivity contribution in [2.45, 2.75) is 71.2 Å². The van der Waals surface area contributed by atoms with Gasteiger partial charge in [-0.2, -0.15) is 0 Å². The Balaban J connectivity index is 0.00000146. The van der Waals surface area contributed by atoms with Crippen LogP contribution in [0.5, 0.6) is 0 Å². The molecule has 10 radical (unpaired) electrons. The van der Waals surface area contributed by atoms with Gasteiger partial charge in [0.1, 0.15) is 12.1 Å². The van der Waals surface area contributed by atoms with E-state index in [1.807, 2.05) is 90.1 Å². The van der Waals surface area contributed by atoms with Crippen molar-refractivity contribution < 1.29 is 46.1 Å². The maximum Gasteiger partial charge on any atom is 2.00 e. The van der Waals surface area contributed by atoms with Gasteiger partial charge in [-0.25, -0.2) is 4.79 Å². The van der Waals surface area contributed by atoms with Crippen molar-refractivity contribution in [1.82, 2.24) is 16.0 Å². The van der Waals surface area contributed by atoms with Crippen LogP contribution in [0.1, 0.15) is 46.1 Å². The number of carbonyl (C=O) groups excluding carboxylic acids is 4. The number of rotatable bonds is 14. The van der Waals surface area contributed by atoms with Crippen molar-refractivity contribution in [3.8, 4) is 0 Å². The molecule has 0 heterocycles. The number of nitrogens with one attached hydrogen (secondary N) is 3. The molecule has 44 heavy (non-hydrogen) atoms. The summed E-state index contributed by atoms with van der Waals surface area (Å²) in [6.45, 7) is 7.51. The molecular formula is C34H45FeN3O6+2. The molecule has 0 unspecified atom stereocenters. The third-order valence-electron chi connectivity index (χ3n) is 6.73. The van der Waals surface area contributed by atoms with E-state index >= 15 is 0 Å². The Bertz CT molecular complexity index is 988. The normalized spacial score (nSPS) is 17.4. The third kappa shape index (κ3) is 14.6. The topological polar surface area (TPSA) is 134 Å². The molecule has 238 valence electrons. The first-order valence-corrected chi connectivity index (χ1v) is 14.6. The largest absolute Gasteiger partial charge is 2.00 e. The quantitative estimate of drug-likeness (QED) is 0.181. The monoisotopic (exact) mass is 647 g/mol. The van der Waals surface area contributed by atoms with Crippen LogP contribution in [-0.2, 0) is 47.4 Å². The summed E-state index contributed by atoms with van der Waals surface area (Å²) in [6, 6.07) is 6.71. The van der Waals surface area contributed by atoms with Crippen LogP contribution in [0.25, 0.3) is 0 Å². The number of carbonyl (C=O) groups is 4. The Morgan fingerprint density at radius 1 is 0.818 bits per heavy atom. The van der Waals surface area contributed by atoms with E-state index in [0.29, 0.717) is 12.3 Å². The first-order valence-electron chi connectivity index (χ1n) is 14.6. The van der Waals surface area contributed by atoms with Gasteiger partial charge in [0.15, 0.2) is 0 Å². The van der Waals surface area contributed by atoms with E-state index in [4.69, 9.17) is 4.74 Å². The molecule has 0 aromatic heterocycles. The summed E-state index contributed by atoms with van der Waals surface area (Å²) in [7, 11) is 1.25. The number of hydrogen-bond acceptors (Lipinski definition) is 6. The summed E-state index contributed by atoms with van der Waals surface area (Å²) < 4.78 is 4.84. The Labute approximate surface area is 274 Å². The van der Waals surface area contributed by atoms with Crippen LogP contribution in [0, 0.1) is 75.5 Å². The zero-order valence-corrected chi connectivity index (χ0v) is 27.1. The van der Waals surface area contributed by atoms with E-state index in [-0.39, 0.29) is 47.7 Å². The molecular weight excluding hydrogens is 602 g/mol. The minimum Gasteiger partial charge on any atom is -0.467 e. The van der Waals surface area contributed by atoms with Gasteiger partial charge in [0, 0.05) is 6.42 Å². The molecule has 3 amide bonds. The van der Waals surface area contributed by atoms with Gasteiger partial charge in [-0.05, 0) is 81.6 Å². The molecule has 3 rings (SSSR count). The molecule has 2 saturated carbocycles. The summed E-state index contributed by atoms with van der Waals surface area (Å²) in [5.41, 5.74) is 0.845. The molecule has 4 atom stereocenters. The minimum absolute atomic E-state index is 0. The maximum absolute atomic E-state index is 13.2. The molecule has 0 spiro atoms. The van der Waals surface area contributed by atoms with Crippen molar-refractivity contribution in [2.75, 3.05) is 7.11 Å². The standard InChI is InChI=1S/C29H40N3O6.C5H5.Fe/c1-18(2)15-22(31-28(36)26(19(3)4)32-27(35)21-13-9-10-14-21)24(33)17-25(34)30-23(29(37)38-5)16-20-11-7-6-8-12-20;1-2-4-5-3-1;/h6-14,18-19,22-24,26,33H,15-17H2,1-5H3,(H,30,34)(H,31,36)(H,32,35);1-5H;/q;;+2/t22-,23-,24-,26-;;/m0../s1. The van der Waals surface area contributed by atoms with E-state index in [9.17, 15) is 24.3 Å². The van der Waals surface area contributed by atoms with Gasteiger partial charge in [-0.15, -0.1) is 0 Å². The summed E-state index contributed by atoms with van der Waals surface area (Å²) in [6.07, 6.45) is 15.9. The number of amides is 3. The third-order valence-corrected chi connectivity index (χ3v) is 6.73. The SMILES string of the molecule is COC(=O)[C@H](Cc1ccccc1)NC(=O)C[C@H](O)[C@H](CC(C)C)NC(=O)[C@@H](NC(=O)[C]1[CH][CH][CH][CH]1)C(C)C.[CH]1[CH][CH][CH][CH]1.[Fe+2]. The minimum atomic E-state index is -1.21. The molecule has 0 aliphatic heterocycles. The molecule has 4 N–H and O–H groups in total. The number of aliphatic hydroxyl groups is 1. The van der Waals surface area contributed by atoms with Gasteiger partial charge in [-0.1, -0.05) is 58.0 Å². The van der Waals surface area contributed by atoms with Crippen molar-refractivity contribution in [3.05, 3.63) is 99.6 Å². The summed E-state index contributed by atoms with van der Waals surface area (Å²) >= 11 is 0. The molecule has 2 fully saturated rings. The van der Waals surface area contributed by atoms with E-state index in [1.54, 1.807) is 25.7 Å². The van der Waals surface area contributed by atoms with Gasteiger partial charge in [0.25, 0.3) is 0 Å². The Morgan fingerprint density at radius 3 is 1.89 bits per heavy atom. The van der Waals surface area contributed by atoms with E-state index in [1.165, 1.54) is 7.11 Å². The average molecular weight is 648 g/mol. The second-order valence-electron chi connectivity index (χ2n) is 11.2. The van der Waals surface area contributed by atoms with Crippen LogP contribution in [0.2, 0.25) is 0 Å². The molecule has 1 aromatic rings. The molecule has 2 aliphatic rings. The number of methoxy groups -OCH3 is 1. The number of aliphatic hydroxyl groups excluding tert-OH is 1. The van der Waals surface area contributed by atoms with Crippen molar-refractivity contribution >= 4 is 23.7 Å². The fraction of sp³-hybridized carbons (Fsp3) is 0.412. The number of esters is 1. The van der Waals surface area contributed by atoms with Crippen molar-refractivity contribution in [2.24, 2.45) is 11.8 Å². The average Bonchev–Trinajstić information content (AvgIpc) is 3.72. The second kappa shape index (κ2) is 21.3. The molecule has 2 aliphatic carbocycles. The zero-order valence-electron chi connectivity index (χ0n) is 26.0. The summed E-state index contributed by atoms with van der Waals surface area (Å²) in [5.74, 6) is -1.60. The van der Waals surface area contributed by atoms with Crippen molar-refractivity contribution in [1.29, 1.82) is 0 Å². The van der Waals surface area contributed by atoms with Crippen molar-refractivity contribution in [3.63, 3.8) is 0 Å². The summed E-state index contributed by atoms with van der Waals surface area (Å²) in [4.78, 5) is 50.8. The maximum atomic E-state index is 13.2. The second-order valence-corrected chi connectivity index (χ2v) is 11.2. The van der Waals surface area contributed by atoms with Gasteiger partial charge < -0.3 is 25.8 Å². The Kier molecular flexibility index (Phi) is 19.2. The fourth-order valence-corrected chi connectivity index (χ4v) is 4.47. The molecule has 0 bridgehead atoms. The fourth-order valence-electron chi connectivity index (χ4n) is 4.47.